The Morgan fingerprint density at radius 1 is 1.62 bits per heavy atom. The first-order chi connectivity index (χ1) is 6.26. The summed E-state index contributed by atoms with van der Waals surface area (Å²) in [5.74, 6) is 0.504. The second kappa shape index (κ2) is 4.45. The Morgan fingerprint density at radius 2 is 2.38 bits per heavy atom. The molecular formula is C9H12N2O2. The van der Waals surface area contributed by atoms with Gasteiger partial charge in [0.15, 0.2) is 0 Å². The van der Waals surface area contributed by atoms with Gasteiger partial charge in [0.25, 0.3) is 0 Å². The lowest BCUT2D eigenvalue weighted by Gasteiger charge is -2.02. The molecule has 0 saturated carbocycles. The van der Waals surface area contributed by atoms with E-state index in [-0.39, 0.29) is 0 Å². The molecule has 0 aliphatic rings. The maximum atomic E-state index is 10.8. The van der Waals surface area contributed by atoms with Crippen LogP contribution in [0.5, 0.6) is 0 Å². The van der Waals surface area contributed by atoms with E-state index in [9.17, 15) is 4.79 Å². The molecule has 0 saturated heterocycles. The molecule has 4 nitrogen and oxygen atoms in total. The van der Waals surface area contributed by atoms with Crippen LogP contribution in [0.15, 0.2) is 18.3 Å². The number of aromatic nitrogens is 1. The molecular weight excluding hydrogens is 168 g/mol. The first kappa shape index (κ1) is 9.51. The van der Waals surface area contributed by atoms with E-state index in [0.29, 0.717) is 5.82 Å². The Balaban J connectivity index is 2.64. The smallest absolute Gasteiger partial charge is 0.412 e. The Hall–Kier alpha value is -1.58. The number of carbonyl (C=O) groups excluding carboxylic acids is 1. The Labute approximate surface area is 76.9 Å². The van der Waals surface area contributed by atoms with Crippen molar-refractivity contribution in [2.75, 3.05) is 12.4 Å². The largest absolute Gasteiger partial charge is 0.453 e. The van der Waals surface area contributed by atoms with E-state index >= 15 is 0 Å². The van der Waals surface area contributed by atoms with Crippen LogP contribution in [0.1, 0.15) is 12.5 Å². The van der Waals surface area contributed by atoms with E-state index in [4.69, 9.17) is 0 Å². The van der Waals surface area contributed by atoms with Crippen molar-refractivity contribution in [3.8, 4) is 0 Å². The number of nitrogens with zero attached hydrogens (tertiary/aromatic N) is 1. The normalized spacial score (nSPS) is 9.38. The zero-order valence-electron chi connectivity index (χ0n) is 7.70. The van der Waals surface area contributed by atoms with Gasteiger partial charge in [0, 0.05) is 6.20 Å². The number of nitrogens with one attached hydrogen (secondary N) is 1. The van der Waals surface area contributed by atoms with E-state index in [0.717, 1.165) is 12.0 Å². The Morgan fingerprint density at radius 3 is 2.85 bits per heavy atom. The van der Waals surface area contributed by atoms with Crippen LogP contribution in [-0.2, 0) is 11.2 Å². The van der Waals surface area contributed by atoms with Crippen LogP contribution in [0, 0.1) is 0 Å². The monoisotopic (exact) mass is 180 g/mol. The number of methoxy groups -OCH3 is 1. The number of aryl methyl sites for hydroxylation is 1. The number of amides is 1. The SMILES string of the molecule is CCc1ccc(NC(=O)OC)nc1. The van der Waals surface area contributed by atoms with E-state index in [1.807, 2.05) is 13.0 Å². The molecule has 4 heteroatoms. The number of hydrogen-bond acceptors (Lipinski definition) is 3. The minimum atomic E-state index is -0.503. The zero-order chi connectivity index (χ0) is 9.68. The topological polar surface area (TPSA) is 51.2 Å². The summed E-state index contributed by atoms with van der Waals surface area (Å²) in [4.78, 5) is 14.8. The predicted octanol–water partition coefficient (Wildman–Crippen LogP) is 1.82. The van der Waals surface area contributed by atoms with Crippen LogP contribution in [-0.4, -0.2) is 18.2 Å². The molecule has 1 heterocycles. The molecule has 1 aromatic heterocycles. The van der Waals surface area contributed by atoms with Gasteiger partial charge in [-0.3, -0.25) is 5.32 Å². The van der Waals surface area contributed by atoms with Crippen molar-refractivity contribution in [3.05, 3.63) is 23.9 Å². The highest BCUT2D eigenvalue weighted by Gasteiger charge is 2.00. The third-order valence-electron chi connectivity index (χ3n) is 1.65. The van der Waals surface area contributed by atoms with Gasteiger partial charge in [0.05, 0.1) is 7.11 Å². The summed E-state index contributed by atoms with van der Waals surface area (Å²) in [6, 6.07) is 3.66. The van der Waals surface area contributed by atoms with Crippen molar-refractivity contribution in [1.29, 1.82) is 0 Å². The van der Waals surface area contributed by atoms with Crippen molar-refractivity contribution in [3.63, 3.8) is 0 Å². The lowest BCUT2D eigenvalue weighted by molar-refractivity contribution is 0.187. The molecule has 1 amide bonds. The number of ether oxygens (including phenoxy) is 1. The predicted molar refractivity (Wildman–Crippen MR) is 49.6 cm³/mol. The summed E-state index contributed by atoms with van der Waals surface area (Å²) in [5, 5.41) is 2.47. The van der Waals surface area contributed by atoms with Crippen LogP contribution in [0.4, 0.5) is 10.6 Å². The zero-order valence-corrected chi connectivity index (χ0v) is 7.70. The van der Waals surface area contributed by atoms with Crippen LogP contribution < -0.4 is 5.32 Å². The van der Waals surface area contributed by atoms with Crippen molar-refractivity contribution < 1.29 is 9.53 Å². The molecule has 1 N–H and O–H groups in total. The molecule has 0 aromatic carbocycles. The maximum Gasteiger partial charge on any atom is 0.412 e. The van der Waals surface area contributed by atoms with Gasteiger partial charge in [-0.05, 0) is 18.1 Å². The van der Waals surface area contributed by atoms with Gasteiger partial charge in [-0.2, -0.15) is 0 Å². The van der Waals surface area contributed by atoms with Gasteiger partial charge < -0.3 is 4.74 Å². The summed E-state index contributed by atoms with van der Waals surface area (Å²) in [5.41, 5.74) is 1.13. The van der Waals surface area contributed by atoms with Crippen LogP contribution in [0.25, 0.3) is 0 Å². The lowest BCUT2D eigenvalue weighted by atomic mass is 10.2. The van der Waals surface area contributed by atoms with Crippen molar-refractivity contribution in [2.45, 2.75) is 13.3 Å². The third-order valence-corrected chi connectivity index (χ3v) is 1.65. The fourth-order valence-electron chi connectivity index (χ4n) is 0.863. The highest BCUT2D eigenvalue weighted by molar-refractivity contribution is 5.83. The summed E-state index contributed by atoms with van der Waals surface area (Å²) in [6.45, 7) is 2.05. The Kier molecular flexibility index (Phi) is 3.25. The maximum absolute atomic E-state index is 10.8. The highest BCUT2D eigenvalue weighted by Crippen LogP contribution is 2.05. The lowest BCUT2D eigenvalue weighted by Crippen LogP contribution is -2.11. The summed E-state index contributed by atoms with van der Waals surface area (Å²) >= 11 is 0. The number of rotatable bonds is 2. The van der Waals surface area contributed by atoms with Gasteiger partial charge in [0.2, 0.25) is 0 Å². The van der Waals surface area contributed by atoms with E-state index < -0.39 is 6.09 Å². The molecule has 1 aromatic rings. The van der Waals surface area contributed by atoms with E-state index in [2.05, 4.69) is 15.0 Å². The van der Waals surface area contributed by atoms with Gasteiger partial charge in [-0.25, -0.2) is 9.78 Å². The third kappa shape index (κ3) is 2.74. The average Bonchev–Trinajstić information content (AvgIpc) is 2.19. The number of anilines is 1. The van der Waals surface area contributed by atoms with Gasteiger partial charge in [-0.15, -0.1) is 0 Å². The summed E-state index contributed by atoms with van der Waals surface area (Å²) < 4.78 is 4.42. The van der Waals surface area contributed by atoms with Crippen LogP contribution in [0.2, 0.25) is 0 Å². The highest BCUT2D eigenvalue weighted by atomic mass is 16.5. The summed E-state index contributed by atoms with van der Waals surface area (Å²) in [6.07, 6.45) is 2.16. The summed E-state index contributed by atoms with van der Waals surface area (Å²) in [7, 11) is 1.32. The number of pyridine rings is 1. The quantitative estimate of drug-likeness (QED) is 0.755. The molecule has 0 spiro atoms. The van der Waals surface area contributed by atoms with Gasteiger partial charge >= 0.3 is 6.09 Å². The standard InChI is InChI=1S/C9H12N2O2/c1-3-7-4-5-8(10-6-7)11-9(12)13-2/h4-6H,3H2,1-2H3,(H,10,11,12). The number of hydrogen-bond donors (Lipinski definition) is 1. The molecule has 0 aliphatic carbocycles. The molecule has 0 aliphatic heterocycles. The van der Waals surface area contributed by atoms with Crippen molar-refractivity contribution >= 4 is 11.9 Å². The van der Waals surface area contributed by atoms with E-state index in [1.54, 1.807) is 12.3 Å². The fraction of sp³-hybridized carbons (Fsp3) is 0.333. The molecule has 70 valence electrons. The minimum absolute atomic E-state index is 0.503. The minimum Gasteiger partial charge on any atom is -0.453 e. The molecule has 1 rings (SSSR count). The molecule has 0 radical (unpaired) electrons. The van der Waals surface area contributed by atoms with Crippen LogP contribution in [0.3, 0.4) is 0 Å². The average molecular weight is 180 g/mol. The van der Waals surface area contributed by atoms with Crippen LogP contribution >= 0.6 is 0 Å². The number of carbonyl (C=O) groups is 1. The molecule has 13 heavy (non-hydrogen) atoms. The van der Waals surface area contributed by atoms with E-state index in [1.165, 1.54) is 7.11 Å². The fourth-order valence-corrected chi connectivity index (χ4v) is 0.863. The Bertz CT molecular complexity index is 282. The first-order valence-corrected chi connectivity index (χ1v) is 4.06. The second-order valence-corrected chi connectivity index (χ2v) is 2.52. The van der Waals surface area contributed by atoms with Gasteiger partial charge in [0.1, 0.15) is 5.82 Å². The first-order valence-electron chi connectivity index (χ1n) is 4.06. The van der Waals surface area contributed by atoms with Crippen molar-refractivity contribution in [2.24, 2.45) is 0 Å². The molecule has 0 fully saturated rings. The molecule has 0 unspecified atom stereocenters. The molecule has 0 atom stereocenters. The second-order valence-electron chi connectivity index (χ2n) is 2.52. The molecule has 0 bridgehead atoms. The van der Waals surface area contributed by atoms with Gasteiger partial charge in [-0.1, -0.05) is 13.0 Å². The van der Waals surface area contributed by atoms with Crippen molar-refractivity contribution in [1.82, 2.24) is 4.98 Å².